The quantitative estimate of drug-likeness (QED) is 0.230. The number of aromatic nitrogens is 4. The summed E-state index contributed by atoms with van der Waals surface area (Å²) in [5, 5.41) is 9.59. The molecule has 0 fully saturated rings. The van der Waals surface area contributed by atoms with Gasteiger partial charge in [-0.05, 0) is 48.5 Å². The molecule has 0 aliphatic carbocycles. The molecule has 1 aliphatic rings. The number of hydrogen-bond donors (Lipinski definition) is 0. The first-order valence-corrected chi connectivity index (χ1v) is 11.2. The van der Waals surface area contributed by atoms with Gasteiger partial charge in [0.25, 0.3) is 11.8 Å². The predicted octanol–water partition coefficient (Wildman–Crippen LogP) is 3.26. The van der Waals surface area contributed by atoms with Gasteiger partial charge in [0.05, 0.1) is 24.0 Å². The molecule has 2 aromatic heterocycles. The zero-order valence-corrected chi connectivity index (χ0v) is 18.7. The minimum absolute atomic E-state index is 0.0237. The number of amides is 2. The molecule has 4 aromatic rings. The molecule has 10 heteroatoms. The standard InChI is InChI=1S/C24H17N5O4S/c1-33-16-11-9-15(10-12-16)20(30)14-34-24-27-26-21(19-8-4-5-13-25-19)28(24)29-22(31)17-6-2-3-7-18(17)23(29)32/h2-13H,14H2,1H3. The Morgan fingerprint density at radius 3 is 2.21 bits per heavy atom. The normalized spacial score (nSPS) is 12.7. The van der Waals surface area contributed by atoms with Crippen LogP contribution in [0.4, 0.5) is 0 Å². The van der Waals surface area contributed by atoms with E-state index in [2.05, 4.69) is 15.2 Å². The molecule has 0 saturated heterocycles. The van der Waals surface area contributed by atoms with Crippen LogP contribution < -0.4 is 9.75 Å². The second kappa shape index (κ2) is 8.91. The Bertz CT molecular complexity index is 1370. The van der Waals surface area contributed by atoms with E-state index in [9.17, 15) is 14.4 Å². The van der Waals surface area contributed by atoms with Crippen LogP contribution in [0, 0.1) is 0 Å². The van der Waals surface area contributed by atoms with E-state index in [4.69, 9.17) is 4.74 Å². The van der Waals surface area contributed by atoms with Crippen molar-refractivity contribution in [1.82, 2.24) is 19.9 Å². The van der Waals surface area contributed by atoms with E-state index in [0.717, 1.165) is 16.8 Å². The van der Waals surface area contributed by atoms with Crippen molar-refractivity contribution in [1.29, 1.82) is 0 Å². The maximum atomic E-state index is 13.2. The molecule has 0 saturated carbocycles. The maximum Gasteiger partial charge on any atom is 0.281 e. The summed E-state index contributed by atoms with van der Waals surface area (Å²) in [6, 6.07) is 18.6. The first-order chi connectivity index (χ1) is 16.6. The molecule has 0 atom stereocenters. The number of Topliss-reactive ketones (excluding diaryl/α,β-unsaturated/α-hetero) is 1. The SMILES string of the molecule is COc1ccc(C(=O)CSc2nnc(-c3ccccn3)n2N2C(=O)c3ccccc3C2=O)cc1. The number of thioether (sulfide) groups is 1. The lowest BCUT2D eigenvalue weighted by atomic mass is 10.1. The lowest BCUT2D eigenvalue weighted by Crippen LogP contribution is -2.41. The maximum absolute atomic E-state index is 13.2. The third-order valence-corrected chi connectivity index (χ3v) is 6.14. The molecule has 168 valence electrons. The van der Waals surface area contributed by atoms with Crippen LogP contribution in [0.2, 0.25) is 0 Å². The van der Waals surface area contributed by atoms with Gasteiger partial charge < -0.3 is 4.74 Å². The molecule has 2 aromatic carbocycles. The number of ether oxygens (including phenoxy) is 1. The highest BCUT2D eigenvalue weighted by atomic mass is 32.2. The van der Waals surface area contributed by atoms with E-state index in [1.807, 2.05) is 0 Å². The smallest absolute Gasteiger partial charge is 0.281 e. The lowest BCUT2D eigenvalue weighted by molar-refractivity contribution is 0.0881. The Balaban J connectivity index is 1.50. The van der Waals surface area contributed by atoms with E-state index in [0.29, 0.717) is 28.1 Å². The zero-order valence-electron chi connectivity index (χ0n) is 17.9. The van der Waals surface area contributed by atoms with Crippen molar-refractivity contribution >= 4 is 29.4 Å². The van der Waals surface area contributed by atoms with Crippen LogP contribution in [-0.4, -0.2) is 50.3 Å². The minimum atomic E-state index is -0.499. The Kier molecular flexibility index (Phi) is 5.64. The zero-order chi connectivity index (χ0) is 23.7. The lowest BCUT2D eigenvalue weighted by Gasteiger charge is -2.18. The number of carbonyl (C=O) groups excluding carboxylic acids is 3. The number of pyridine rings is 1. The number of ketones is 1. The number of fused-ring (bicyclic) bond motifs is 1. The van der Waals surface area contributed by atoms with Crippen LogP contribution in [0.1, 0.15) is 31.1 Å². The summed E-state index contributed by atoms with van der Waals surface area (Å²) in [5.41, 5.74) is 1.52. The Hall–Kier alpha value is -4.31. The van der Waals surface area contributed by atoms with E-state index in [-0.39, 0.29) is 22.5 Å². The molecule has 1 aliphatic heterocycles. The monoisotopic (exact) mass is 471 g/mol. The van der Waals surface area contributed by atoms with Crippen LogP contribution in [0.5, 0.6) is 5.75 Å². The Labute approximate surface area is 198 Å². The molecule has 0 radical (unpaired) electrons. The summed E-state index contributed by atoms with van der Waals surface area (Å²) >= 11 is 1.08. The van der Waals surface area contributed by atoms with Crippen LogP contribution in [0.3, 0.4) is 0 Å². The van der Waals surface area contributed by atoms with Crippen LogP contribution in [0.15, 0.2) is 78.1 Å². The fourth-order valence-corrected chi connectivity index (χ4v) is 4.35. The third-order valence-electron chi connectivity index (χ3n) is 5.22. The van der Waals surface area contributed by atoms with Crippen molar-refractivity contribution in [2.24, 2.45) is 0 Å². The summed E-state index contributed by atoms with van der Waals surface area (Å²) in [6.45, 7) is 0. The number of rotatable bonds is 7. The van der Waals surface area contributed by atoms with E-state index < -0.39 is 11.8 Å². The molecule has 9 nitrogen and oxygen atoms in total. The van der Waals surface area contributed by atoms with Gasteiger partial charge in [-0.2, -0.15) is 9.69 Å². The van der Waals surface area contributed by atoms with Gasteiger partial charge in [0.15, 0.2) is 5.78 Å². The molecular weight excluding hydrogens is 454 g/mol. The number of carbonyl (C=O) groups is 3. The molecule has 0 spiro atoms. The summed E-state index contributed by atoms with van der Waals surface area (Å²) in [6.07, 6.45) is 1.58. The average molecular weight is 471 g/mol. The van der Waals surface area contributed by atoms with Crippen LogP contribution >= 0.6 is 11.8 Å². The largest absolute Gasteiger partial charge is 0.497 e. The predicted molar refractivity (Wildman–Crippen MR) is 125 cm³/mol. The highest BCUT2D eigenvalue weighted by Gasteiger charge is 2.40. The Morgan fingerprint density at radius 1 is 0.912 bits per heavy atom. The molecular formula is C24H17N5O4S. The molecule has 0 bridgehead atoms. The van der Waals surface area contributed by atoms with Gasteiger partial charge in [-0.25, -0.2) is 0 Å². The van der Waals surface area contributed by atoms with E-state index >= 15 is 0 Å². The van der Waals surface area contributed by atoms with E-state index in [1.54, 1.807) is 80.0 Å². The van der Waals surface area contributed by atoms with Gasteiger partial charge in [0, 0.05) is 11.8 Å². The molecule has 34 heavy (non-hydrogen) atoms. The fourth-order valence-electron chi connectivity index (χ4n) is 3.54. The van der Waals surface area contributed by atoms with Crippen molar-refractivity contribution in [2.75, 3.05) is 17.9 Å². The number of imide groups is 1. The third kappa shape index (κ3) is 3.73. The van der Waals surface area contributed by atoms with Gasteiger partial charge >= 0.3 is 0 Å². The summed E-state index contributed by atoms with van der Waals surface area (Å²) < 4.78 is 6.46. The van der Waals surface area contributed by atoms with Crippen molar-refractivity contribution < 1.29 is 19.1 Å². The average Bonchev–Trinajstić information content (AvgIpc) is 3.41. The molecule has 2 amide bonds. The molecule has 3 heterocycles. The van der Waals surface area contributed by atoms with Crippen LogP contribution in [0.25, 0.3) is 11.5 Å². The van der Waals surface area contributed by atoms with Gasteiger partial charge in [0.1, 0.15) is 11.4 Å². The van der Waals surface area contributed by atoms with E-state index in [1.165, 1.54) is 4.68 Å². The topological polar surface area (TPSA) is 107 Å². The van der Waals surface area contributed by atoms with Crippen molar-refractivity contribution in [2.45, 2.75) is 5.16 Å². The first kappa shape index (κ1) is 21.5. The highest BCUT2D eigenvalue weighted by molar-refractivity contribution is 7.99. The van der Waals surface area contributed by atoms with Gasteiger partial charge in [0.2, 0.25) is 11.0 Å². The van der Waals surface area contributed by atoms with Gasteiger partial charge in [-0.1, -0.05) is 30.0 Å². The summed E-state index contributed by atoms with van der Waals surface area (Å²) in [7, 11) is 1.55. The fraction of sp³-hybridized carbons (Fsp3) is 0.0833. The van der Waals surface area contributed by atoms with Crippen molar-refractivity contribution in [3.8, 4) is 17.3 Å². The number of methoxy groups -OCH3 is 1. The van der Waals surface area contributed by atoms with Crippen LogP contribution in [-0.2, 0) is 0 Å². The van der Waals surface area contributed by atoms with Crippen molar-refractivity contribution in [3.63, 3.8) is 0 Å². The minimum Gasteiger partial charge on any atom is -0.497 e. The van der Waals surface area contributed by atoms with Gasteiger partial charge in [-0.15, -0.1) is 10.2 Å². The second-order valence-electron chi connectivity index (χ2n) is 7.24. The van der Waals surface area contributed by atoms with Crippen molar-refractivity contribution in [3.05, 3.63) is 89.6 Å². The highest BCUT2D eigenvalue weighted by Crippen LogP contribution is 2.29. The Morgan fingerprint density at radius 2 is 1.59 bits per heavy atom. The first-order valence-electron chi connectivity index (χ1n) is 10.2. The molecule has 0 N–H and O–H groups in total. The molecule has 0 unspecified atom stereocenters. The number of benzene rings is 2. The van der Waals surface area contributed by atoms with Gasteiger partial charge in [-0.3, -0.25) is 19.4 Å². The summed E-state index contributed by atoms with van der Waals surface area (Å²) in [5.74, 6) is -0.259. The molecule has 5 rings (SSSR count). The number of hydrogen-bond acceptors (Lipinski definition) is 8. The second-order valence-corrected chi connectivity index (χ2v) is 8.18. The summed E-state index contributed by atoms with van der Waals surface area (Å²) in [4.78, 5) is 43.4. The number of nitrogens with zero attached hydrogens (tertiary/aromatic N) is 5.